The van der Waals surface area contributed by atoms with Crippen LogP contribution >= 0.6 is 0 Å². The van der Waals surface area contributed by atoms with E-state index in [1.165, 1.54) is 12.0 Å². The Morgan fingerprint density at radius 2 is 1.43 bits per heavy atom. The van der Waals surface area contributed by atoms with Gasteiger partial charge in [0, 0.05) is 5.56 Å². The predicted octanol–water partition coefficient (Wildman–Crippen LogP) is 4.63. The topological polar surface area (TPSA) is 37.8 Å². The Balaban J connectivity index is 1.57. The second kappa shape index (κ2) is 5.84. The molecular formula is C20H19N3. The molecule has 3 heteroatoms. The maximum atomic E-state index is 4.39. The standard InChI is InChI=1S/C20H19N3/c1-3-8-16(9-4-1)18-12-13-19(23-22-18)21-20(14-7-15-20)17-10-5-2-6-11-17/h1-6,8-13H,7,14-15H2,(H,21,23). The van der Waals surface area contributed by atoms with Gasteiger partial charge in [-0.15, -0.1) is 10.2 Å². The van der Waals surface area contributed by atoms with E-state index in [1.54, 1.807) is 0 Å². The number of hydrogen-bond donors (Lipinski definition) is 1. The Kier molecular flexibility index (Phi) is 3.54. The summed E-state index contributed by atoms with van der Waals surface area (Å²) in [7, 11) is 0. The van der Waals surface area contributed by atoms with Gasteiger partial charge in [0.25, 0.3) is 0 Å². The van der Waals surface area contributed by atoms with Crippen LogP contribution in [0.3, 0.4) is 0 Å². The lowest BCUT2D eigenvalue weighted by Crippen LogP contribution is -2.42. The van der Waals surface area contributed by atoms with E-state index in [2.05, 4.69) is 58.0 Å². The number of hydrogen-bond acceptors (Lipinski definition) is 3. The lowest BCUT2D eigenvalue weighted by atomic mass is 9.72. The maximum Gasteiger partial charge on any atom is 0.149 e. The number of nitrogens with zero attached hydrogens (tertiary/aromatic N) is 2. The maximum absolute atomic E-state index is 4.39. The highest BCUT2D eigenvalue weighted by molar-refractivity contribution is 5.59. The first-order chi connectivity index (χ1) is 11.4. The Labute approximate surface area is 136 Å². The Bertz CT molecular complexity index is 763. The third-order valence-electron chi connectivity index (χ3n) is 4.63. The fourth-order valence-electron chi connectivity index (χ4n) is 3.18. The molecule has 3 aromatic rings. The van der Waals surface area contributed by atoms with Gasteiger partial charge in [0.2, 0.25) is 0 Å². The number of anilines is 1. The first-order valence-corrected chi connectivity index (χ1v) is 8.09. The number of aromatic nitrogens is 2. The molecule has 0 unspecified atom stereocenters. The fraction of sp³-hybridized carbons (Fsp3) is 0.200. The van der Waals surface area contributed by atoms with E-state index in [0.717, 1.165) is 29.9 Å². The molecule has 0 saturated heterocycles. The molecule has 1 aliphatic rings. The molecular weight excluding hydrogens is 282 g/mol. The van der Waals surface area contributed by atoms with Gasteiger partial charge in [0.05, 0.1) is 11.2 Å². The molecule has 114 valence electrons. The van der Waals surface area contributed by atoms with Gasteiger partial charge in [-0.3, -0.25) is 0 Å². The Hall–Kier alpha value is -2.68. The predicted molar refractivity (Wildman–Crippen MR) is 93.1 cm³/mol. The Morgan fingerprint density at radius 1 is 0.739 bits per heavy atom. The second-order valence-electron chi connectivity index (χ2n) is 6.10. The summed E-state index contributed by atoms with van der Waals surface area (Å²) in [5.74, 6) is 0.841. The first kappa shape index (κ1) is 13.9. The normalized spacial score (nSPS) is 15.7. The minimum Gasteiger partial charge on any atom is -0.359 e. The SMILES string of the molecule is c1ccc(-c2ccc(NC3(c4ccccc4)CCC3)nn2)cc1. The first-order valence-electron chi connectivity index (χ1n) is 8.09. The summed E-state index contributed by atoms with van der Waals surface area (Å²) < 4.78 is 0. The van der Waals surface area contributed by atoms with Crippen molar-refractivity contribution in [1.82, 2.24) is 10.2 Å². The molecule has 3 nitrogen and oxygen atoms in total. The third kappa shape index (κ3) is 2.70. The number of nitrogens with one attached hydrogen (secondary N) is 1. The van der Waals surface area contributed by atoms with Gasteiger partial charge in [0.1, 0.15) is 5.82 Å². The summed E-state index contributed by atoms with van der Waals surface area (Å²) >= 11 is 0. The minimum absolute atomic E-state index is 0.0181. The van der Waals surface area contributed by atoms with Crippen LogP contribution in [-0.4, -0.2) is 10.2 Å². The van der Waals surface area contributed by atoms with Crippen molar-refractivity contribution < 1.29 is 0 Å². The van der Waals surface area contributed by atoms with Gasteiger partial charge in [-0.25, -0.2) is 0 Å². The van der Waals surface area contributed by atoms with Gasteiger partial charge in [-0.1, -0.05) is 60.7 Å². The molecule has 1 fully saturated rings. The number of rotatable bonds is 4. The molecule has 0 radical (unpaired) electrons. The summed E-state index contributed by atoms with van der Waals surface area (Å²) in [4.78, 5) is 0. The average molecular weight is 301 g/mol. The lowest BCUT2D eigenvalue weighted by Gasteiger charge is -2.43. The van der Waals surface area contributed by atoms with Crippen molar-refractivity contribution in [2.45, 2.75) is 24.8 Å². The van der Waals surface area contributed by atoms with Crippen molar-refractivity contribution >= 4 is 5.82 Å². The molecule has 0 amide bonds. The summed E-state index contributed by atoms with van der Waals surface area (Å²) in [6.45, 7) is 0. The smallest absolute Gasteiger partial charge is 0.149 e. The third-order valence-corrected chi connectivity index (χ3v) is 4.63. The van der Waals surface area contributed by atoms with Crippen molar-refractivity contribution in [1.29, 1.82) is 0 Å². The molecule has 0 bridgehead atoms. The molecule has 0 aliphatic heterocycles. The largest absolute Gasteiger partial charge is 0.359 e. The van der Waals surface area contributed by atoms with Crippen molar-refractivity contribution in [3.05, 3.63) is 78.4 Å². The van der Waals surface area contributed by atoms with E-state index in [0.29, 0.717) is 0 Å². The van der Waals surface area contributed by atoms with Gasteiger partial charge in [-0.05, 0) is 37.0 Å². The Morgan fingerprint density at radius 3 is 2.00 bits per heavy atom. The lowest BCUT2D eigenvalue weighted by molar-refractivity contribution is 0.283. The van der Waals surface area contributed by atoms with Crippen LogP contribution < -0.4 is 5.32 Å². The van der Waals surface area contributed by atoms with E-state index >= 15 is 0 Å². The highest BCUT2D eigenvalue weighted by atomic mass is 15.2. The van der Waals surface area contributed by atoms with Crippen molar-refractivity contribution in [2.24, 2.45) is 0 Å². The van der Waals surface area contributed by atoms with Crippen molar-refractivity contribution in [3.8, 4) is 11.3 Å². The molecule has 0 spiro atoms. The molecule has 1 aliphatic carbocycles. The number of benzene rings is 2. The minimum atomic E-state index is 0.0181. The molecule has 1 N–H and O–H groups in total. The van der Waals surface area contributed by atoms with Crippen LogP contribution in [0.2, 0.25) is 0 Å². The van der Waals surface area contributed by atoms with Crippen LogP contribution in [0.5, 0.6) is 0 Å². The molecule has 1 aromatic heterocycles. The highest BCUT2D eigenvalue weighted by Crippen LogP contribution is 2.43. The zero-order valence-electron chi connectivity index (χ0n) is 12.9. The van der Waals surface area contributed by atoms with E-state index in [-0.39, 0.29) is 5.54 Å². The second-order valence-corrected chi connectivity index (χ2v) is 6.10. The van der Waals surface area contributed by atoms with Crippen LogP contribution in [0.25, 0.3) is 11.3 Å². The van der Waals surface area contributed by atoms with Crippen LogP contribution in [0.4, 0.5) is 5.82 Å². The van der Waals surface area contributed by atoms with Gasteiger partial charge in [-0.2, -0.15) is 0 Å². The van der Waals surface area contributed by atoms with Gasteiger partial charge >= 0.3 is 0 Å². The van der Waals surface area contributed by atoms with E-state index in [1.807, 2.05) is 30.3 Å². The van der Waals surface area contributed by atoms with E-state index in [4.69, 9.17) is 0 Å². The molecule has 1 heterocycles. The van der Waals surface area contributed by atoms with Crippen LogP contribution in [0, 0.1) is 0 Å². The van der Waals surface area contributed by atoms with E-state index < -0.39 is 0 Å². The summed E-state index contributed by atoms with van der Waals surface area (Å²) in [6.07, 6.45) is 3.52. The zero-order chi connectivity index (χ0) is 15.5. The molecule has 1 saturated carbocycles. The molecule has 2 aromatic carbocycles. The summed E-state index contributed by atoms with van der Waals surface area (Å²) in [5, 5.41) is 12.4. The van der Waals surface area contributed by atoms with Gasteiger partial charge < -0.3 is 5.32 Å². The quantitative estimate of drug-likeness (QED) is 0.763. The monoisotopic (exact) mass is 301 g/mol. The zero-order valence-corrected chi connectivity index (χ0v) is 12.9. The van der Waals surface area contributed by atoms with Gasteiger partial charge in [0.15, 0.2) is 0 Å². The summed E-state index contributed by atoms with van der Waals surface area (Å²) in [6, 6.07) is 24.8. The highest BCUT2D eigenvalue weighted by Gasteiger charge is 2.38. The van der Waals surface area contributed by atoms with Crippen LogP contribution in [0.1, 0.15) is 24.8 Å². The van der Waals surface area contributed by atoms with Crippen LogP contribution in [0.15, 0.2) is 72.8 Å². The summed E-state index contributed by atoms with van der Waals surface area (Å²) in [5.41, 5.74) is 3.34. The fourth-order valence-corrected chi connectivity index (χ4v) is 3.18. The van der Waals surface area contributed by atoms with Crippen LogP contribution in [-0.2, 0) is 5.54 Å². The van der Waals surface area contributed by atoms with Crippen molar-refractivity contribution in [2.75, 3.05) is 5.32 Å². The van der Waals surface area contributed by atoms with E-state index in [9.17, 15) is 0 Å². The molecule has 4 rings (SSSR count). The average Bonchev–Trinajstić information content (AvgIpc) is 2.60. The molecule has 23 heavy (non-hydrogen) atoms. The molecule has 0 atom stereocenters. The van der Waals surface area contributed by atoms with Crippen molar-refractivity contribution in [3.63, 3.8) is 0 Å².